The summed E-state index contributed by atoms with van der Waals surface area (Å²) in [7, 11) is 0. The maximum atomic E-state index is 11.5. The fraction of sp³-hybridized carbons (Fsp3) is 0.462. The maximum Gasteiger partial charge on any atom is 0.230 e. The molecule has 1 unspecified atom stereocenters. The lowest BCUT2D eigenvalue weighted by molar-refractivity contribution is -0.118. The fourth-order valence-corrected chi connectivity index (χ4v) is 2.48. The zero-order valence-electron chi connectivity index (χ0n) is 10.7. The number of amides is 1. The van der Waals surface area contributed by atoms with Crippen molar-refractivity contribution in [2.24, 2.45) is 5.73 Å². The molecule has 1 atom stereocenters. The monoisotopic (exact) mass is 286 g/mol. The largest absolute Gasteiger partial charge is 0.355 e. The topological polar surface area (TPSA) is 55.1 Å². The Kier molecular flexibility index (Phi) is 6.54. The zero-order valence-corrected chi connectivity index (χ0v) is 12.3. The van der Waals surface area contributed by atoms with Crippen LogP contribution in [0.2, 0.25) is 5.02 Å². The molecule has 1 aromatic rings. The van der Waals surface area contributed by atoms with Crippen molar-refractivity contribution < 1.29 is 4.79 Å². The summed E-state index contributed by atoms with van der Waals surface area (Å²) >= 11 is 7.59. The molecule has 0 aliphatic heterocycles. The summed E-state index contributed by atoms with van der Waals surface area (Å²) in [5.41, 5.74) is 6.78. The van der Waals surface area contributed by atoms with Gasteiger partial charge in [0.05, 0.1) is 10.8 Å². The molecule has 0 aliphatic rings. The molecule has 0 spiro atoms. The molecule has 0 aliphatic carbocycles. The van der Waals surface area contributed by atoms with Crippen LogP contribution in [0.3, 0.4) is 0 Å². The van der Waals surface area contributed by atoms with Gasteiger partial charge in [-0.2, -0.15) is 0 Å². The number of nitrogens with two attached hydrogens (primary N) is 1. The molecule has 0 saturated heterocycles. The van der Waals surface area contributed by atoms with Crippen LogP contribution in [0.4, 0.5) is 0 Å². The van der Waals surface area contributed by atoms with E-state index in [2.05, 4.69) is 5.32 Å². The predicted octanol–water partition coefficient (Wildman–Crippen LogP) is 2.98. The zero-order chi connectivity index (χ0) is 13.5. The highest BCUT2D eigenvalue weighted by Gasteiger charge is 2.07. The molecule has 0 radical (unpaired) electrons. The third-order valence-electron chi connectivity index (χ3n) is 2.41. The van der Waals surface area contributed by atoms with Crippen molar-refractivity contribution in [1.82, 2.24) is 5.32 Å². The standard InChI is InChI=1S/C13H19ClN2OS/c1-3-6-16-13(17)8-18-12-5-4-10(9(2)15)7-11(12)14/h4-5,7,9H,3,6,8,15H2,1-2H3,(H,16,17). The van der Waals surface area contributed by atoms with E-state index in [9.17, 15) is 4.79 Å². The maximum absolute atomic E-state index is 11.5. The Morgan fingerprint density at radius 2 is 2.28 bits per heavy atom. The van der Waals surface area contributed by atoms with Crippen molar-refractivity contribution in [2.75, 3.05) is 12.3 Å². The van der Waals surface area contributed by atoms with Crippen molar-refractivity contribution in [3.8, 4) is 0 Å². The second kappa shape index (κ2) is 7.67. The van der Waals surface area contributed by atoms with E-state index < -0.39 is 0 Å². The SMILES string of the molecule is CCCNC(=O)CSc1ccc(C(C)N)cc1Cl. The van der Waals surface area contributed by atoms with Gasteiger partial charge in [0, 0.05) is 17.5 Å². The number of halogens is 1. The van der Waals surface area contributed by atoms with Crippen molar-refractivity contribution in [1.29, 1.82) is 0 Å². The molecule has 1 rings (SSSR count). The van der Waals surface area contributed by atoms with Crippen molar-refractivity contribution in [3.05, 3.63) is 28.8 Å². The Hall–Kier alpha value is -0.710. The van der Waals surface area contributed by atoms with Crippen LogP contribution in [-0.4, -0.2) is 18.2 Å². The molecule has 0 saturated carbocycles. The van der Waals surface area contributed by atoms with Crippen LogP contribution in [0.15, 0.2) is 23.1 Å². The highest BCUT2D eigenvalue weighted by Crippen LogP contribution is 2.29. The van der Waals surface area contributed by atoms with Gasteiger partial charge in [-0.15, -0.1) is 11.8 Å². The number of thioether (sulfide) groups is 1. The normalized spacial score (nSPS) is 12.2. The predicted molar refractivity (Wildman–Crippen MR) is 78.1 cm³/mol. The van der Waals surface area contributed by atoms with Crippen LogP contribution >= 0.6 is 23.4 Å². The number of rotatable bonds is 6. The van der Waals surface area contributed by atoms with Crippen LogP contribution in [0.25, 0.3) is 0 Å². The first-order valence-corrected chi connectivity index (χ1v) is 7.35. The molecule has 0 bridgehead atoms. The van der Waals surface area contributed by atoms with E-state index in [1.165, 1.54) is 11.8 Å². The van der Waals surface area contributed by atoms with E-state index in [0.29, 0.717) is 10.8 Å². The van der Waals surface area contributed by atoms with E-state index in [1.807, 2.05) is 32.0 Å². The summed E-state index contributed by atoms with van der Waals surface area (Å²) in [4.78, 5) is 12.4. The summed E-state index contributed by atoms with van der Waals surface area (Å²) in [6.07, 6.45) is 0.945. The molecular formula is C13H19ClN2OS. The molecule has 5 heteroatoms. The van der Waals surface area contributed by atoms with Crippen molar-refractivity contribution in [3.63, 3.8) is 0 Å². The quantitative estimate of drug-likeness (QED) is 0.791. The summed E-state index contributed by atoms with van der Waals surface area (Å²) < 4.78 is 0. The molecule has 1 amide bonds. The smallest absolute Gasteiger partial charge is 0.230 e. The van der Waals surface area contributed by atoms with E-state index in [1.54, 1.807) is 0 Å². The molecule has 3 N–H and O–H groups in total. The number of hydrogen-bond acceptors (Lipinski definition) is 3. The second-order valence-electron chi connectivity index (χ2n) is 4.12. The Morgan fingerprint density at radius 1 is 1.56 bits per heavy atom. The van der Waals surface area contributed by atoms with Gasteiger partial charge in [0.25, 0.3) is 0 Å². The highest BCUT2D eigenvalue weighted by atomic mass is 35.5. The van der Waals surface area contributed by atoms with Gasteiger partial charge in [0.2, 0.25) is 5.91 Å². The number of carbonyl (C=O) groups is 1. The van der Waals surface area contributed by atoms with Crippen LogP contribution in [0, 0.1) is 0 Å². The van der Waals surface area contributed by atoms with E-state index in [-0.39, 0.29) is 11.9 Å². The minimum absolute atomic E-state index is 0.0330. The first kappa shape index (κ1) is 15.3. The number of hydrogen-bond donors (Lipinski definition) is 2. The summed E-state index contributed by atoms with van der Waals surface area (Å²) in [5.74, 6) is 0.422. The highest BCUT2D eigenvalue weighted by molar-refractivity contribution is 8.00. The van der Waals surface area contributed by atoms with Gasteiger partial charge in [0.15, 0.2) is 0 Å². The molecule has 1 aromatic carbocycles. The molecule has 18 heavy (non-hydrogen) atoms. The first-order valence-electron chi connectivity index (χ1n) is 5.99. The molecular weight excluding hydrogens is 268 g/mol. The average Bonchev–Trinajstić information content (AvgIpc) is 2.34. The van der Waals surface area contributed by atoms with Crippen LogP contribution in [0.5, 0.6) is 0 Å². The molecule has 100 valence electrons. The third kappa shape index (κ3) is 4.88. The minimum atomic E-state index is -0.0330. The first-order chi connectivity index (χ1) is 8.54. The van der Waals surface area contributed by atoms with Gasteiger partial charge in [-0.25, -0.2) is 0 Å². The third-order valence-corrected chi connectivity index (χ3v) is 3.91. The Bertz CT molecular complexity index is 410. The van der Waals surface area contributed by atoms with E-state index in [0.717, 1.165) is 23.4 Å². The van der Waals surface area contributed by atoms with E-state index in [4.69, 9.17) is 17.3 Å². The van der Waals surface area contributed by atoms with Gasteiger partial charge < -0.3 is 11.1 Å². The van der Waals surface area contributed by atoms with Crippen molar-refractivity contribution in [2.45, 2.75) is 31.2 Å². The average molecular weight is 287 g/mol. The van der Waals surface area contributed by atoms with Gasteiger partial charge >= 0.3 is 0 Å². The van der Waals surface area contributed by atoms with Crippen LogP contribution < -0.4 is 11.1 Å². The summed E-state index contributed by atoms with van der Waals surface area (Å²) in [6, 6.07) is 5.69. The second-order valence-corrected chi connectivity index (χ2v) is 5.54. The number of nitrogens with one attached hydrogen (secondary N) is 1. The molecule has 0 fully saturated rings. The van der Waals surface area contributed by atoms with Gasteiger partial charge in [-0.1, -0.05) is 24.6 Å². The summed E-state index contributed by atoms with van der Waals surface area (Å²) in [6.45, 7) is 4.66. The lowest BCUT2D eigenvalue weighted by atomic mass is 10.1. The summed E-state index contributed by atoms with van der Waals surface area (Å²) in [5, 5.41) is 3.48. The Morgan fingerprint density at radius 3 is 2.83 bits per heavy atom. The lowest BCUT2D eigenvalue weighted by Gasteiger charge is -2.09. The fourth-order valence-electron chi connectivity index (χ4n) is 1.38. The lowest BCUT2D eigenvalue weighted by Crippen LogP contribution is -2.25. The Labute approximate surface area is 117 Å². The number of benzene rings is 1. The van der Waals surface area contributed by atoms with Crippen LogP contribution in [-0.2, 0) is 4.79 Å². The molecule has 3 nitrogen and oxygen atoms in total. The molecule has 0 heterocycles. The number of carbonyl (C=O) groups excluding carboxylic acids is 1. The minimum Gasteiger partial charge on any atom is -0.355 e. The Balaban J connectivity index is 2.55. The molecule has 0 aromatic heterocycles. The van der Waals surface area contributed by atoms with Gasteiger partial charge in [-0.05, 0) is 31.0 Å². The van der Waals surface area contributed by atoms with Crippen molar-refractivity contribution >= 4 is 29.3 Å². The van der Waals surface area contributed by atoms with Gasteiger partial charge in [-0.3, -0.25) is 4.79 Å². The van der Waals surface area contributed by atoms with E-state index >= 15 is 0 Å². The van der Waals surface area contributed by atoms with Gasteiger partial charge in [0.1, 0.15) is 0 Å². The van der Waals surface area contributed by atoms with Crippen LogP contribution in [0.1, 0.15) is 31.9 Å².